The molecule has 0 unspecified atom stereocenters. The summed E-state index contributed by atoms with van der Waals surface area (Å²) in [5.41, 5.74) is 2.82. The lowest BCUT2D eigenvalue weighted by atomic mass is 10.2. The van der Waals surface area contributed by atoms with E-state index in [4.69, 9.17) is 0 Å². The van der Waals surface area contributed by atoms with Gasteiger partial charge in [0.2, 0.25) is 5.91 Å². The number of amides is 2. The van der Waals surface area contributed by atoms with E-state index < -0.39 is 0 Å². The van der Waals surface area contributed by atoms with Crippen molar-refractivity contribution in [3.05, 3.63) is 65.5 Å². The molecule has 2 amide bonds. The normalized spacial score (nSPS) is 10.7. The smallest absolute Gasteiger partial charge is 0.255 e. The highest BCUT2D eigenvalue weighted by molar-refractivity contribution is 7.25. The monoisotopic (exact) mass is 393 g/mol. The Morgan fingerprint density at radius 3 is 2.37 bits per heavy atom. The minimum atomic E-state index is -0.185. The molecule has 0 saturated heterocycles. The average Bonchev–Trinajstić information content (AvgIpc) is 3.31. The lowest BCUT2D eigenvalue weighted by Gasteiger charge is -2.07. The van der Waals surface area contributed by atoms with Gasteiger partial charge >= 0.3 is 0 Å². The third kappa shape index (κ3) is 3.89. The fraction of sp³-hybridized carbons (Fsp3) is 0.0500. The third-order valence-corrected chi connectivity index (χ3v) is 5.90. The van der Waals surface area contributed by atoms with E-state index in [1.54, 1.807) is 53.0 Å². The van der Waals surface area contributed by atoms with E-state index in [0.717, 1.165) is 20.1 Å². The number of carbonyl (C=O) groups excluding carboxylic acids is 2. The number of thiazole rings is 1. The number of carbonyl (C=O) groups is 2. The Morgan fingerprint density at radius 2 is 1.70 bits per heavy atom. The standard InChI is InChI=1S/C20H15N3O2S2/c1-12(24)21-14-5-7-15(8-6-14)22-19(25)13-4-9-16-18(11-13)27-20(23-16)17-3-2-10-26-17/h2-11H,1H3,(H,21,24)(H,22,25). The maximum Gasteiger partial charge on any atom is 0.255 e. The first-order valence-electron chi connectivity index (χ1n) is 8.22. The van der Waals surface area contributed by atoms with Crippen molar-refractivity contribution in [1.29, 1.82) is 0 Å². The summed E-state index contributed by atoms with van der Waals surface area (Å²) in [5.74, 6) is -0.318. The number of hydrogen-bond acceptors (Lipinski definition) is 5. The molecule has 0 fully saturated rings. The lowest BCUT2D eigenvalue weighted by molar-refractivity contribution is -0.114. The topological polar surface area (TPSA) is 71.1 Å². The zero-order chi connectivity index (χ0) is 18.8. The molecule has 2 N–H and O–H groups in total. The van der Waals surface area contributed by atoms with Gasteiger partial charge in [-0.25, -0.2) is 4.98 Å². The van der Waals surface area contributed by atoms with Gasteiger partial charge in [-0.3, -0.25) is 9.59 Å². The number of anilines is 2. The molecule has 0 spiro atoms. The van der Waals surface area contributed by atoms with E-state index in [0.29, 0.717) is 16.9 Å². The van der Waals surface area contributed by atoms with E-state index in [9.17, 15) is 9.59 Å². The van der Waals surface area contributed by atoms with Crippen LogP contribution in [0.1, 0.15) is 17.3 Å². The van der Waals surface area contributed by atoms with Crippen molar-refractivity contribution in [2.75, 3.05) is 10.6 Å². The number of aromatic nitrogens is 1. The molecule has 134 valence electrons. The number of fused-ring (bicyclic) bond motifs is 1. The summed E-state index contributed by atoms with van der Waals surface area (Å²) in [4.78, 5) is 29.4. The predicted octanol–water partition coefficient (Wildman–Crippen LogP) is 5.24. The van der Waals surface area contributed by atoms with Crippen LogP contribution < -0.4 is 10.6 Å². The number of hydrogen-bond donors (Lipinski definition) is 2. The van der Waals surface area contributed by atoms with E-state index >= 15 is 0 Å². The second kappa shape index (κ2) is 7.30. The average molecular weight is 393 g/mol. The van der Waals surface area contributed by atoms with Crippen molar-refractivity contribution in [2.24, 2.45) is 0 Å². The Labute approximate surface area is 163 Å². The SMILES string of the molecule is CC(=O)Nc1ccc(NC(=O)c2ccc3nc(-c4cccs4)sc3c2)cc1. The van der Waals surface area contributed by atoms with Gasteiger partial charge in [0.1, 0.15) is 5.01 Å². The van der Waals surface area contributed by atoms with E-state index in [1.165, 1.54) is 6.92 Å². The second-order valence-electron chi connectivity index (χ2n) is 5.89. The molecular formula is C20H15N3O2S2. The zero-order valence-corrected chi connectivity index (χ0v) is 16.0. The highest BCUT2D eigenvalue weighted by Crippen LogP contribution is 2.33. The number of rotatable bonds is 4. The minimum Gasteiger partial charge on any atom is -0.326 e. The van der Waals surface area contributed by atoms with Crippen molar-refractivity contribution in [1.82, 2.24) is 4.98 Å². The van der Waals surface area contributed by atoms with Crippen molar-refractivity contribution >= 4 is 56.1 Å². The van der Waals surface area contributed by atoms with Crippen LogP contribution in [0.15, 0.2) is 60.0 Å². The zero-order valence-electron chi connectivity index (χ0n) is 14.4. The van der Waals surface area contributed by atoms with Crippen molar-refractivity contribution in [3.8, 4) is 9.88 Å². The summed E-state index contributed by atoms with van der Waals surface area (Å²) in [5, 5.41) is 8.56. The number of nitrogens with one attached hydrogen (secondary N) is 2. The molecule has 2 aromatic heterocycles. The Balaban J connectivity index is 1.53. The molecule has 0 atom stereocenters. The number of nitrogens with zero attached hydrogens (tertiary/aromatic N) is 1. The summed E-state index contributed by atoms with van der Waals surface area (Å²) in [7, 11) is 0. The van der Waals surface area contributed by atoms with Gasteiger partial charge in [-0.15, -0.1) is 22.7 Å². The molecule has 0 aliphatic carbocycles. The second-order valence-corrected chi connectivity index (χ2v) is 7.87. The Hall–Kier alpha value is -3.03. The van der Waals surface area contributed by atoms with Crippen molar-refractivity contribution in [3.63, 3.8) is 0 Å². The quantitative estimate of drug-likeness (QED) is 0.498. The van der Waals surface area contributed by atoms with E-state index in [1.807, 2.05) is 29.6 Å². The largest absolute Gasteiger partial charge is 0.326 e. The highest BCUT2D eigenvalue weighted by atomic mass is 32.1. The summed E-state index contributed by atoms with van der Waals surface area (Å²) in [6.07, 6.45) is 0. The van der Waals surface area contributed by atoms with Crippen LogP contribution in [0, 0.1) is 0 Å². The molecule has 0 radical (unpaired) electrons. The maximum absolute atomic E-state index is 12.6. The summed E-state index contributed by atoms with van der Waals surface area (Å²) >= 11 is 3.23. The molecule has 0 aliphatic rings. The maximum atomic E-state index is 12.6. The fourth-order valence-corrected chi connectivity index (χ4v) is 4.42. The van der Waals surface area contributed by atoms with Crippen LogP contribution in [0.2, 0.25) is 0 Å². The molecule has 2 heterocycles. The van der Waals surface area contributed by atoms with Gasteiger partial charge in [-0.1, -0.05) is 6.07 Å². The molecule has 4 aromatic rings. The van der Waals surface area contributed by atoms with Crippen LogP contribution in [0.4, 0.5) is 11.4 Å². The van der Waals surface area contributed by atoms with Gasteiger partial charge in [-0.05, 0) is 53.9 Å². The summed E-state index contributed by atoms with van der Waals surface area (Å²) < 4.78 is 0.979. The molecule has 0 saturated carbocycles. The molecule has 2 aromatic carbocycles. The van der Waals surface area contributed by atoms with Crippen LogP contribution in [-0.4, -0.2) is 16.8 Å². The first-order chi connectivity index (χ1) is 13.1. The Morgan fingerprint density at radius 1 is 0.963 bits per heavy atom. The van der Waals surface area contributed by atoms with E-state index in [-0.39, 0.29) is 11.8 Å². The number of thiophene rings is 1. The first-order valence-corrected chi connectivity index (χ1v) is 9.91. The predicted molar refractivity (Wildman–Crippen MR) is 112 cm³/mol. The molecule has 4 rings (SSSR count). The van der Waals surface area contributed by atoms with Crippen LogP contribution >= 0.6 is 22.7 Å². The molecular weight excluding hydrogens is 378 g/mol. The minimum absolute atomic E-state index is 0.133. The van der Waals surface area contributed by atoms with Crippen LogP contribution in [0.25, 0.3) is 20.1 Å². The van der Waals surface area contributed by atoms with Gasteiger partial charge in [0.25, 0.3) is 5.91 Å². The molecule has 7 heteroatoms. The van der Waals surface area contributed by atoms with Gasteiger partial charge in [-0.2, -0.15) is 0 Å². The van der Waals surface area contributed by atoms with E-state index in [2.05, 4.69) is 15.6 Å². The summed E-state index contributed by atoms with van der Waals surface area (Å²) in [6.45, 7) is 1.45. The van der Waals surface area contributed by atoms with Crippen molar-refractivity contribution < 1.29 is 9.59 Å². The third-order valence-electron chi connectivity index (χ3n) is 3.85. The van der Waals surface area contributed by atoms with Gasteiger partial charge in [0.05, 0.1) is 15.1 Å². The van der Waals surface area contributed by atoms with Crippen LogP contribution in [-0.2, 0) is 4.79 Å². The lowest BCUT2D eigenvalue weighted by Crippen LogP contribution is -2.12. The first kappa shape index (κ1) is 17.4. The van der Waals surface area contributed by atoms with Crippen LogP contribution in [0.3, 0.4) is 0 Å². The molecule has 27 heavy (non-hydrogen) atoms. The van der Waals surface area contributed by atoms with Crippen LogP contribution in [0.5, 0.6) is 0 Å². The Kier molecular flexibility index (Phi) is 4.70. The van der Waals surface area contributed by atoms with Crippen molar-refractivity contribution in [2.45, 2.75) is 6.92 Å². The van der Waals surface area contributed by atoms with Gasteiger partial charge in [0, 0.05) is 23.9 Å². The number of benzene rings is 2. The van der Waals surface area contributed by atoms with Gasteiger partial charge < -0.3 is 10.6 Å². The molecule has 0 aliphatic heterocycles. The van der Waals surface area contributed by atoms with Gasteiger partial charge in [0.15, 0.2) is 0 Å². The fourth-order valence-electron chi connectivity index (χ4n) is 2.61. The molecule has 5 nitrogen and oxygen atoms in total. The summed E-state index contributed by atoms with van der Waals surface area (Å²) in [6, 6.07) is 16.6. The Bertz CT molecular complexity index is 1120. The highest BCUT2D eigenvalue weighted by Gasteiger charge is 2.11. The molecule has 0 bridgehead atoms.